The van der Waals surface area contributed by atoms with Crippen molar-refractivity contribution >= 4 is 22.4 Å². The lowest BCUT2D eigenvalue weighted by molar-refractivity contribution is -0.137. The summed E-state index contributed by atoms with van der Waals surface area (Å²) >= 11 is 0. The van der Waals surface area contributed by atoms with E-state index in [4.69, 9.17) is 0 Å². The van der Waals surface area contributed by atoms with Crippen molar-refractivity contribution < 1.29 is 18.0 Å². The topological polar surface area (TPSA) is 35.6 Å². The lowest BCUT2D eigenvalue weighted by Crippen LogP contribution is -2.48. The van der Waals surface area contributed by atoms with Crippen LogP contribution >= 0.6 is 0 Å². The Morgan fingerprint density at radius 1 is 0.839 bits per heavy atom. The molecule has 0 aliphatic carbocycles. The quantitative estimate of drug-likeness (QED) is 0.646. The Balaban J connectivity index is 1.31. The molecule has 0 bridgehead atoms. The van der Waals surface area contributed by atoms with Crippen LogP contribution < -0.4 is 5.32 Å². The number of piperazine rings is 1. The molecule has 1 fully saturated rings. The van der Waals surface area contributed by atoms with Crippen LogP contribution in [0.15, 0.2) is 66.7 Å². The maximum Gasteiger partial charge on any atom is 0.418 e. The highest BCUT2D eigenvalue weighted by atomic mass is 19.4. The molecule has 7 heteroatoms. The van der Waals surface area contributed by atoms with E-state index in [1.165, 1.54) is 34.5 Å². The third-order valence-electron chi connectivity index (χ3n) is 5.61. The second-order valence-electron chi connectivity index (χ2n) is 7.78. The van der Waals surface area contributed by atoms with Crippen LogP contribution in [-0.2, 0) is 17.5 Å². The fourth-order valence-electron chi connectivity index (χ4n) is 4.01. The number of hydrogen-bond acceptors (Lipinski definition) is 3. The molecule has 1 saturated heterocycles. The lowest BCUT2D eigenvalue weighted by Gasteiger charge is -2.34. The molecule has 4 nitrogen and oxygen atoms in total. The van der Waals surface area contributed by atoms with Crippen LogP contribution in [0.25, 0.3) is 10.8 Å². The lowest BCUT2D eigenvalue weighted by atomic mass is 10.0. The fraction of sp³-hybridized carbons (Fsp3) is 0.292. The summed E-state index contributed by atoms with van der Waals surface area (Å²) in [5.41, 5.74) is 0.242. The van der Waals surface area contributed by atoms with E-state index in [0.29, 0.717) is 13.1 Å². The van der Waals surface area contributed by atoms with Crippen molar-refractivity contribution in [3.05, 3.63) is 77.9 Å². The van der Waals surface area contributed by atoms with Crippen LogP contribution in [0.3, 0.4) is 0 Å². The zero-order chi connectivity index (χ0) is 21.8. The molecule has 31 heavy (non-hydrogen) atoms. The van der Waals surface area contributed by atoms with Gasteiger partial charge in [0.25, 0.3) is 0 Å². The van der Waals surface area contributed by atoms with Gasteiger partial charge in [-0.1, -0.05) is 54.6 Å². The number of fused-ring (bicyclic) bond motifs is 1. The number of benzene rings is 3. The summed E-state index contributed by atoms with van der Waals surface area (Å²) in [7, 11) is 0. The summed E-state index contributed by atoms with van der Waals surface area (Å²) in [4.78, 5) is 16.7. The van der Waals surface area contributed by atoms with Gasteiger partial charge in [0.1, 0.15) is 0 Å². The van der Waals surface area contributed by atoms with Crippen molar-refractivity contribution in [2.24, 2.45) is 0 Å². The van der Waals surface area contributed by atoms with Crippen LogP contribution in [0.5, 0.6) is 0 Å². The summed E-state index contributed by atoms with van der Waals surface area (Å²) in [6.07, 6.45) is -4.50. The zero-order valence-electron chi connectivity index (χ0n) is 17.0. The van der Waals surface area contributed by atoms with Crippen molar-refractivity contribution in [3.8, 4) is 0 Å². The van der Waals surface area contributed by atoms with Gasteiger partial charge in [-0.3, -0.25) is 14.6 Å². The van der Waals surface area contributed by atoms with Crippen LogP contribution in [0.1, 0.15) is 11.1 Å². The Morgan fingerprint density at radius 2 is 1.48 bits per heavy atom. The van der Waals surface area contributed by atoms with Crippen LogP contribution in [0.4, 0.5) is 18.9 Å². The normalized spacial score (nSPS) is 15.8. The summed E-state index contributed by atoms with van der Waals surface area (Å²) < 4.78 is 39.3. The molecule has 1 N–H and O–H groups in total. The highest BCUT2D eigenvalue weighted by molar-refractivity contribution is 5.93. The van der Waals surface area contributed by atoms with Crippen LogP contribution in [0, 0.1) is 0 Å². The average Bonchev–Trinajstić information content (AvgIpc) is 2.75. The third kappa shape index (κ3) is 5.24. The van der Waals surface area contributed by atoms with Gasteiger partial charge in [-0.05, 0) is 28.5 Å². The number of hydrogen-bond donors (Lipinski definition) is 1. The van der Waals surface area contributed by atoms with E-state index in [-0.39, 0.29) is 12.2 Å². The SMILES string of the molecule is O=C(CN1CCN(Cc2cccc3ccccc23)CC1)Nc1ccccc1C(F)(F)F. The highest BCUT2D eigenvalue weighted by Crippen LogP contribution is 2.34. The number of carbonyl (C=O) groups is 1. The monoisotopic (exact) mass is 427 g/mol. The van der Waals surface area contributed by atoms with E-state index in [2.05, 4.69) is 40.5 Å². The second kappa shape index (κ2) is 9.08. The van der Waals surface area contributed by atoms with Gasteiger partial charge in [0.2, 0.25) is 5.91 Å². The number of alkyl halides is 3. The number of amides is 1. The molecular formula is C24H24F3N3O. The number of anilines is 1. The van der Waals surface area contributed by atoms with Gasteiger partial charge in [0.05, 0.1) is 17.8 Å². The van der Waals surface area contributed by atoms with Gasteiger partial charge in [0.15, 0.2) is 0 Å². The first-order valence-corrected chi connectivity index (χ1v) is 10.3. The zero-order valence-corrected chi connectivity index (χ0v) is 17.0. The van der Waals surface area contributed by atoms with Gasteiger partial charge in [-0.15, -0.1) is 0 Å². The maximum atomic E-state index is 13.1. The highest BCUT2D eigenvalue weighted by Gasteiger charge is 2.33. The molecular weight excluding hydrogens is 403 g/mol. The number of carbonyl (C=O) groups excluding carboxylic acids is 1. The molecule has 0 spiro atoms. The number of rotatable bonds is 5. The first kappa shape index (κ1) is 21.3. The Morgan fingerprint density at radius 3 is 2.26 bits per heavy atom. The molecule has 0 saturated carbocycles. The molecule has 0 atom stereocenters. The molecule has 3 aromatic rings. The number of halogens is 3. The van der Waals surface area contributed by atoms with Crippen molar-refractivity contribution in [2.75, 3.05) is 38.0 Å². The summed E-state index contributed by atoms with van der Waals surface area (Å²) in [6, 6.07) is 19.7. The van der Waals surface area contributed by atoms with Gasteiger partial charge >= 0.3 is 6.18 Å². The van der Waals surface area contributed by atoms with E-state index >= 15 is 0 Å². The molecule has 1 amide bonds. The predicted molar refractivity (Wildman–Crippen MR) is 116 cm³/mol. The Labute approximate surface area is 179 Å². The largest absolute Gasteiger partial charge is 0.418 e. The van der Waals surface area contributed by atoms with E-state index < -0.39 is 17.6 Å². The van der Waals surface area contributed by atoms with Crippen molar-refractivity contribution in [3.63, 3.8) is 0 Å². The molecule has 1 aliphatic rings. The van der Waals surface area contributed by atoms with E-state index in [1.54, 1.807) is 0 Å². The molecule has 4 rings (SSSR count). The minimum absolute atomic E-state index is 0.0777. The summed E-state index contributed by atoms with van der Waals surface area (Å²) in [5, 5.41) is 4.88. The second-order valence-corrected chi connectivity index (χ2v) is 7.78. The average molecular weight is 427 g/mol. The van der Waals surface area contributed by atoms with Gasteiger partial charge in [-0.2, -0.15) is 13.2 Å². The Bertz CT molecular complexity index is 1050. The maximum absolute atomic E-state index is 13.1. The fourth-order valence-corrected chi connectivity index (χ4v) is 4.01. The van der Waals surface area contributed by atoms with E-state index in [0.717, 1.165) is 25.7 Å². The number of nitrogens with zero attached hydrogens (tertiary/aromatic N) is 2. The van der Waals surface area contributed by atoms with Gasteiger partial charge in [-0.25, -0.2) is 0 Å². The first-order chi connectivity index (χ1) is 14.9. The minimum Gasteiger partial charge on any atom is -0.324 e. The van der Waals surface area contributed by atoms with E-state index in [1.807, 2.05) is 17.0 Å². The molecule has 1 heterocycles. The molecule has 0 radical (unpaired) electrons. The van der Waals surface area contributed by atoms with Gasteiger partial charge < -0.3 is 5.32 Å². The smallest absolute Gasteiger partial charge is 0.324 e. The molecule has 162 valence electrons. The Hall–Kier alpha value is -2.90. The van der Waals surface area contributed by atoms with E-state index in [9.17, 15) is 18.0 Å². The van der Waals surface area contributed by atoms with Crippen molar-refractivity contribution in [1.82, 2.24) is 9.80 Å². The third-order valence-corrected chi connectivity index (χ3v) is 5.61. The molecule has 1 aliphatic heterocycles. The predicted octanol–water partition coefficient (Wildman–Crippen LogP) is 4.61. The summed E-state index contributed by atoms with van der Waals surface area (Å²) in [5.74, 6) is -0.431. The van der Waals surface area contributed by atoms with Crippen LogP contribution in [-0.4, -0.2) is 48.4 Å². The number of nitrogens with one attached hydrogen (secondary N) is 1. The van der Waals surface area contributed by atoms with Gasteiger partial charge in [0, 0.05) is 32.7 Å². The Kier molecular flexibility index (Phi) is 6.25. The summed E-state index contributed by atoms with van der Waals surface area (Å²) in [6.45, 7) is 3.90. The standard InChI is InChI=1S/C24H24F3N3O/c25-24(26,27)21-10-3-4-11-22(21)28-23(31)17-30-14-12-29(13-15-30)16-19-8-5-7-18-6-1-2-9-20(18)19/h1-11H,12-17H2,(H,28,31). The minimum atomic E-state index is -4.50. The molecule has 0 aromatic heterocycles. The molecule has 0 unspecified atom stereocenters. The van der Waals surface area contributed by atoms with Crippen LogP contribution in [0.2, 0.25) is 0 Å². The number of para-hydroxylation sites is 1. The first-order valence-electron chi connectivity index (χ1n) is 10.3. The van der Waals surface area contributed by atoms with Crippen molar-refractivity contribution in [2.45, 2.75) is 12.7 Å². The van der Waals surface area contributed by atoms with Crippen molar-refractivity contribution in [1.29, 1.82) is 0 Å². The molecule has 3 aromatic carbocycles.